The van der Waals surface area contributed by atoms with E-state index in [1.54, 1.807) is 6.92 Å². The number of allylic oxidation sites excluding steroid dienone is 1. The first kappa shape index (κ1) is 9.72. The van der Waals surface area contributed by atoms with Crippen molar-refractivity contribution in [2.75, 3.05) is 0 Å². The molecule has 0 fully saturated rings. The molecule has 0 spiro atoms. The maximum absolute atomic E-state index is 9.34. The van der Waals surface area contributed by atoms with Crippen molar-refractivity contribution in [3.63, 3.8) is 0 Å². The molecule has 28 valence electrons. The SMILES string of the molecule is [CH-]=C(C)C=O.[Y+3]. The normalized spacial score (nSPS) is 5.50. The van der Waals surface area contributed by atoms with Crippen molar-refractivity contribution in [3.8, 4) is 0 Å². The van der Waals surface area contributed by atoms with Gasteiger partial charge < -0.3 is 4.79 Å². The van der Waals surface area contributed by atoms with Gasteiger partial charge in [0, 0.05) is 0 Å². The van der Waals surface area contributed by atoms with Crippen molar-refractivity contribution < 1.29 is 37.5 Å². The molecule has 1 nitrogen and oxygen atoms in total. The summed E-state index contributed by atoms with van der Waals surface area (Å²) in [6.07, 6.45) is 0.611. The summed E-state index contributed by atoms with van der Waals surface area (Å²) in [5.41, 5.74) is 0.324. The summed E-state index contributed by atoms with van der Waals surface area (Å²) in [6.45, 7) is 6.39. The maximum Gasteiger partial charge on any atom is 3.00 e. The molecule has 0 N–H and O–H groups in total. The third kappa shape index (κ3) is 8.82. The standard InChI is InChI=1S/C4H5O.Y/c1-4(2)3-5;/h1,3H,2H3;/q-1;+3. The fourth-order valence-corrected chi connectivity index (χ4v) is 0. The fraction of sp³-hybridized carbons (Fsp3) is 0.250. The molecule has 0 saturated heterocycles. The van der Waals surface area contributed by atoms with E-state index in [2.05, 4.69) is 0 Å². The van der Waals surface area contributed by atoms with Crippen LogP contribution in [0.2, 0.25) is 0 Å². The second-order valence-electron chi connectivity index (χ2n) is 0.862. The zero-order valence-corrected chi connectivity index (χ0v) is 6.48. The molecule has 0 aliphatic rings. The van der Waals surface area contributed by atoms with Crippen LogP contribution in [0, 0.1) is 6.58 Å². The molecule has 0 bridgehead atoms. The van der Waals surface area contributed by atoms with E-state index < -0.39 is 0 Å². The second kappa shape index (κ2) is 5.51. The van der Waals surface area contributed by atoms with Gasteiger partial charge in [0.15, 0.2) is 0 Å². The minimum atomic E-state index is 0. The molecule has 0 heterocycles. The smallest absolute Gasteiger partial charge is 0.410 e. The molecule has 0 aliphatic carbocycles. The van der Waals surface area contributed by atoms with Crippen LogP contribution in [0.25, 0.3) is 0 Å². The monoisotopic (exact) mass is 158 g/mol. The van der Waals surface area contributed by atoms with Gasteiger partial charge in [-0.25, -0.2) is 0 Å². The molecule has 6 heavy (non-hydrogen) atoms. The predicted octanol–water partition coefficient (Wildman–Crippen LogP) is 0.562. The van der Waals surface area contributed by atoms with Crippen molar-refractivity contribution in [1.29, 1.82) is 0 Å². The zero-order valence-electron chi connectivity index (χ0n) is 3.64. The zero-order chi connectivity index (χ0) is 4.28. The first-order chi connectivity index (χ1) is 2.27. The minimum Gasteiger partial charge on any atom is -0.410 e. The molecule has 0 aromatic rings. The second-order valence-corrected chi connectivity index (χ2v) is 0.862. The Labute approximate surface area is 62.7 Å². The summed E-state index contributed by atoms with van der Waals surface area (Å²) < 4.78 is 0. The van der Waals surface area contributed by atoms with Gasteiger partial charge in [-0.1, -0.05) is 6.92 Å². The summed E-state index contributed by atoms with van der Waals surface area (Å²) >= 11 is 0. The Morgan fingerprint density at radius 1 is 1.83 bits per heavy atom. The van der Waals surface area contributed by atoms with Gasteiger partial charge in [-0.2, -0.15) is 5.57 Å². The molecule has 0 radical (unpaired) electrons. The van der Waals surface area contributed by atoms with E-state index in [1.165, 1.54) is 0 Å². The van der Waals surface area contributed by atoms with E-state index in [1.807, 2.05) is 0 Å². The molecule has 0 aromatic heterocycles. The van der Waals surface area contributed by atoms with E-state index in [9.17, 15) is 4.79 Å². The quantitative estimate of drug-likeness (QED) is 0.309. The molecule has 0 rings (SSSR count). The molecule has 0 aromatic carbocycles. The van der Waals surface area contributed by atoms with Crippen LogP contribution in [-0.4, -0.2) is 6.29 Å². The topological polar surface area (TPSA) is 17.1 Å². The molecule has 0 atom stereocenters. The molecule has 0 unspecified atom stereocenters. The Bertz CT molecular complexity index is 58.6. The maximum atomic E-state index is 9.34. The molecular formula is C4H5OY+2. The van der Waals surface area contributed by atoms with Gasteiger partial charge in [-0.3, -0.25) is 6.58 Å². The molecule has 0 amide bonds. The van der Waals surface area contributed by atoms with Crippen molar-refractivity contribution in [1.82, 2.24) is 0 Å². The van der Waals surface area contributed by atoms with Crippen molar-refractivity contribution in [2.45, 2.75) is 6.92 Å². The Balaban J connectivity index is 0. The van der Waals surface area contributed by atoms with Crippen LogP contribution < -0.4 is 0 Å². The Kier molecular flexibility index (Phi) is 8.93. The van der Waals surface area contributed by atoms with E-state index in [0.29, 0.717) is 11.9 Å². The van der Waals surface area contributed by atoms with E-state index in [-0.39, 0.29) is 32.7 Å². The minimum absolute atomic E-state index is 0. The number of hydrogen-bond donors (Lipinski definition) is 0. The Morgan fingerprint density at radius 2 is 2.00 bits per heavy atom. The van der Waals surface area contributed by atoms with Crippen LogP contribution in [0.15, 0.2) is 5.57 Å². The van der Waals surface area contributed by atoms with Crippen LogP contribution in [0.4, 0.5) is 0 Å². The number of carbonyl (C=O) groups excluding carboxylic acids is 1. The van der Waals surface area contributed by atoms with Gasteiger partial charge in [0.1, 0.15) is 0 Å². The van der Waals surface area contributed by atoms with Gasteiger partial charge in [-0.05, 0) is 6.29 Å². The summed E-state index contributed by atoms with van der Waals surface area (Å²) in [4.78, 5) is 9.34. The van der Waals surface area contributed by atoms with Crippen LogP contribution in [-0.2, 0) is 37.5 Å². The van der Waals surface area contributed by atoms with Crippen molar-refractivity contribution >= 4 is 6.29 Å². The van der Waals surface area contributed by atoms with Crippen LogP contribution >= 0.6 is 0 Å². The number of aldehydes is 1. The van der Waals surface area contributed by atoms with Crippen LogP contribution in [0.5, 0.6) is 0 Å². The Morgan fingerprint density at radius 3 is 2.00 bits per heavy atom. The van der Waals surface area contributed by atoms with Gasteiger partial charge in [0.05, 0.1) is 0 Å². The first-order valence-electron chi connectivity index (χ1n) is 1.31. The van der Waals surface area contributed by atoms with Gasteiger partial charge in [-0.15, -0.1) is 0 Å². The average molecular weight is 158 g/mol. The third-order valence-electron chi connectivity index (χ3n) is 0.186. The van der Waals surface area contributed by atoms with Crippen LogP contribution in [0.3, 0.4) is 0 Å². The molecule has 0 aliphatic heterocycles. The summed E-state index contributed by atoms with van der Waals surface area (Å²) in [5.74, 6) is 0. The number of carbonyl (C=O) groups is 1. The number of hydrogen-bond acceptors (Lipinski definition) is 1. The summed E-state index contributed by atoms with van der Waals surface area (Å²) in [6, 6.07) is 0. The first-order valence-corrected chi connectivity index (χ1v) is 1.31. The third-order valence-corrected chi connectivity index (χ3v) is 0.186. The van der Waals surface area contributed by atoms with Gasteiger partial charge in [0.25, 0.3) is 0 Å². The van der Waals surface area contributed by atoms with Gasteiger partial charge >= 0.3 is 32.7 Å². The fourth-order valence-electron chi connectivity index (χ4n) is 0. The van der Waals surface area contributed by atoms with E-state index >= 15 is 0 Å². The largest absolute Gasteiger partial charge is 3.00 e. The summed E-state index contributed by atoms with van der Waals surface area (Å²) in [7, 11) is 0. The molecule has 0 saturated carbocycles. The summed E-state index contributed by atoms with van der Waals surface area (Å²) in [5, 5.41) is 0. The van der Waals surface area contributed by atoms with Gasteiger partial charge in [0.2, 0.25) is 0 Å². The Hall–Kier alpha value is 0.514. The van der Waals surface area contributed by atoms with Crippen LogP contribution in [0.1, 0.15) is 6.92 Å². The molecule has 2 heteroatoms. The predicted molar refractivity (Wildman–Crippen MR) is 19.6 cm³/mol. The van der Waals surface area contributed by atoms with Crippen molar-refractivity contribution in [3.05, 3.63) is 12.2 Å². The van der Waals surface area contributed by atoms with E-state index in [0.717, 1.165) is 0 Å². The van der Waals surface area contributed by atoms with E-state index in [4.69, 9.17) is 6.58 Å². The molecular weight excluding hydrogens is 153 g/mol. The average Bonchev–Trinajstić information content (AvgIpc) is 1.38. The van der Waals surface area contributed by atoms with Crippen molar-refractivity contribution in [2.24, 2.45) is 0 Å². The number of rotatable bonds is 1.